The number of pyridine rings is 1. The van der Waals surface area contributed by atoms with Crippen molar-refractivity contribution < 1.29 is 9.53 Å². The Morgan fingerprint density at radius 1 is 1.37 bits per heavy atom. The molecule has 1 atom stereocenters. The molecular formula is C20H27N5O2. The normalized spacial score (nSPS) is 20.1. The van der Waals surface area contributed by atoms with Crippen LogP contribution in [0.3, 0.4) is 0 Å². The molecule has 1 aliphatic heterocycles. The van der Waals surface area contributed by atoms with E-state index in [-0.39, 0.29) is 11.9 Å². The van der Waals surface area contributed by atoms with Crippen LogP contribution in [0, 0.1) is 0 Å². The van der Waals surface area contributed by atoms with Gasteiger partial charge in [0.05, 0.1) is 13.7 Å². The summed E-state index contributed by atoms with van der Waals surface area (Å²) in [6.45, 7) is 2.63. The zero-order chi connectivity index (χ0) is 18.6. The molecule has 0 unspecified atom stereocenters. The van der Waals surface area contributed by atoms with Gasteiger partial charge in [-0.2, -0.15) is 0 Å². The molecule has 7 nitrogen and oxygen atoms in total. The summed E-state index contributed by atoms with van der Waals surface area (Å²) >= 11 is 0. The van der Waals surface area contributed by atoms with E-state index in [0.29, 0.717) is 11.4 Å². The first-order valence-corrected chi connectivity index (χ1v) is 9.81. The summed E-state index contributed by atoms with van der Waals surface area (Å²) in [5.41, 5.74) is 2.81. The van der Waals surface area contributed by atoms with E-state index < -0.39 is 0 Å². The summed E-state index contributed by atoms with van der Waals surface area (Å²) in [6.07, 6.45) is 9.92. The average molecular weight is 369 g/mol. The average Bonchev–Trinajstić information content (AvgIpc) is 3.29. The lowest BCUT2D eigenvalue weighted by Gasteiger charge is -2.24. The zero-order valence-electron chi connectivity index (χ0n) is 15.8. The van der Waals surface area contributed by atoms with Gasteiger partial charge < -0.3 is 15.0 Å². The monoisotopic (exact) mass is 369 g/mol. The van der Waals surface area contributed by atoms with Crippen molar-refractivity contribution in [2.45, 2.75) is 51.1 Å². The number of aromatic amines is 1. The lowest BCUT2D eigenvalue weighted by atomic mass is 10.1. The molecule has 0 radical (unpaired) electrons. The van der Waals surface area contributed by atoms with E-state index in [1.54, 1.807) is 13.3 Å². The first-order chi connectivity index (χ1) is 13.2. The van der Waals surface area contributed by atoms with Crippen molar-refractivity contribution in [3.63, 3.8) is 0 Å². The molecule has 27 heavy (non-hydrogen) atoms. The molecule has 0 saturated carbocycles. The van der Waals surface area contributed by atoms with Gasteiger partial charge in [-0.05, 0) is 50.3 Å². The van der Waals surface area contributed by atoms with Crippen molar-refractivity contribution in [1.29, 1.82) is 0 Å². The van der Waals surface area contributed by atoms with Crippen molar-refractivity contribution >= 4 is 5.91 Å². The Labute approximate surface area is 159 Å². The van der Waals surface area contributed by atoms with E-state index in [1.165, 1.54) is 5.56 Å². The number of fused-ring (bicyclic) bond motifs is 1. The smallest absolute Gasteiger partial charge is 0.257 e. The molecule has 1 fully saturated rings. The van der Waals surface area contributed by atoms with Crippen LogP contribution in [-0.4, -0.2) is 52.0 Å². The van der Waals surface area contributed by atoms with E-state index in [9.17, 15) is 4.79 Å². The Hall–Kier alpha value is -2.41. The standard InChI is InChI=1S/C20H27N5O2/c1-27-20-16(11-14-5-4-7-17(14)24-20)19(26)23-15-6-2-3-10-25(12-15)13-18-21-8-9-22-18/h8-9,11,15H,2-7,10,12-13H2,1H3,(H,21,22)(H,23,26)/t15-/m1/s1. The number of likely N-dealkylation sites (tertiary alicyclic amines) is 1. The van der Waals surface area contributed by atoms with Gasteiger partial charge in [-0.15, -0.1) is 0 Å². The number of carbonyl (C=O) groups excluding carboxylic acids is 1. The molecule has 144 valence electrons. The summed E-state index contributed by atoms with van der Waals surface area (Å²) in [5.74, 6) is 1.32. The van der Waals surface area contributed by atoms with Crippen LogP contribution in [0.25, 0.3) is 0 Å². The van der Waals surface area contributed by atoms with Gasteiger partial charge in [-0.1, -0.05) is 6.42 Å². The zero-order valence-corrected chi connectivity index (χ0v) is 15.8. The second-order valence-electron chi connectivity index (χ2n) is 7.44. The van der Waals surface area contributed by atoms with Crippen LogP contribution in [0.2, 0.25) is 0 Å². The minimum absolute atomic E-state index is 0.0844. The quantitative estimate of drug-likeness (QED) is 0.843. The molecule has 0 aromatic carbocycles. The fraction of sp³-hybridized carbons (Fsp3) is 0.550. The molecule has 0 bridgehead atoms. The number of nitrogens with zero attached hydrogens (tertiary/aromatic N) is 3. The molecule has 4 rings (SSSR count). The highest BCUT2D eigenvalue weighted by Gasteiger charge is 2.25. The summed E-state index contributed by atoms with van der Waals surface area (Å²) in [4.78, 5) is 27.4. The maximum atomic E-state index is 13.0. The summed E-state index contributed by atoms with van der Waals surface area (Å²) in [7, 11) is 1.58. The molecule has 2 N–H and O–H groups in total. The number of rotatable bonds is 5. The van der Waals surface area contributed by atoms with Gasteiger partial charge in [0.1, 0.15) is 11.4 Å². The summed E-state index contributed by atoms with van der Waals surface area (Å²) in [6, 6.07) is 2.09. The van der Waals surface area contributed by atoms with Gasteiger partial charge in [0.15, 0.2) is 0 Å². The molecule has 3 heterocycles. The Morgan fingerprint density at radius 2 is 2.30 bits per heavy atom. The number of hydrogen-bond acceptors (Lipinski definition) is 5. The molecule has 2 aliphatic rings. The second-order valence-corrected chi connectivity index (χ2v) is 7.44. The highest BCUT2D eigenvalue weighted by molar-refractivity contribution is 5.96. The Morgan fingerprint density at radius 3 is 3.11 bits per heavy atom. The number of aryl methyl sites for hydroxylation is 2. The third kappa shape index (κ3) is 4.13. The van der Waals surface area contributed by atoms with Gasteiger partial charge in [-0.25, -0.2) is 9.97 Å². The molecule has 1 saturated heterocycles. The number of ether oxygens (including phenoxy) is 1. The maximum Gasteiger partial charge on any atom is 0.257 e. The fourth-order valence-corrected chi connectivity index (χ4v) is 4.11. The van der Waals surface area contributed by atoms with Crippen molar-refractivity contribution in [1.82, 2.24) is 25.2 Å². The Balaban J connectivity index is 1.45. The largest absolute Gasteiger partial charge is 0.480 e. The van der Waals surface area contributed by atoms with Crippen LogP contribution in [0.1, 0.15) is 53.1 Å². The first-order valence-electron chi connectivity index (χ1n) is 9.81. The Kier molecular flexibility index (Phi) is 5.38. The molecule has 1 amide bonds. The summed E-state index contributed by atoms with van der Waals surface area (Å²) in [5, 5.41) is 3.22. The van der Waals surface area contributed by atoms with Gasteiger partial charge in [0, 0.05) is 30.7 Å². The summed E-state index contributed by atoms with van der Waals surface area (Å²) < 4.78 is 5.40. The van der Waals surface area contributed by atoms with Crippen LogP contribution in [-0.2, 0) is 19.4 Å². The van der Waals surface area contributed by atoms with E-state index in [0.717, 1.165) is 69.7 Å². The lowest BCUT2D eigenvalue weighted by molar-refractivity contribution is 0.0921. The number of carbonyl (C=O) groups is 1. The van der Waals surface area contributed by atoms with E-state index in [1.807, 2.05) is 12.3 Å². The topological polar surface area (TPSA) is 83.1 Å². The van der Waals surface area contributed by atoms with Gasteiger partial charge in [0.2, 0.25) is 5.88 Å². The van der Waals surface area contributed by atoms with E-state index >= 15 is 0 Å². The number of amides is 1. The van der Waals surface area contributed by atoms with Crippen LogP contribution in [0.15, 0.2) is 18.5 Å². The van der Waals surface area contributed by atoms with Crippen LogP contribution in [0.5, 0.6) is 5.88 Å². The highest BCUT2D eigenvalue weighted by atomic mass is 16.5. The molecule has 0 spiro atoms. The predicted octanol–water partition coefficient (Wildman–Crippen LogP) is 2.09. The van der Waals surface area contributed by atoms with Crippen LogP contribution < -0.4 is 10.1 Å². The third-order valence-corrected chi connectivity index (χ3v) is 5.47. The molecule has 2 aromatic heterocycles. The number of methoxy groups -OCH3 is 1. The van der Waals surface area contributed by atoms with Crippen molar-refractivity contribution in [3.05, 3.63) is 41.1 Å². The number of nitrogens with one attached hydrogen (secondary N) is 2. The number of imidazole rings is 1. The SMILES string of the molecule is COc1nc2c(cc1C(=O)N[C@@H]1CCCCN(Cc3ncc[nH]3)C1)CCC2. The fourth-order valence-electron chi connectivity index (χ4n) is 4.11. The third-order valence-electron chi connectivity index (χ3n) is 5.47. The molecule has 7 heteroatoms. The predicted molar refractivity (Wildman–Crippen MR) is 102 cm³/mol. The van der Waals surface area contributed by atoms with Crippen molar-refractivity contribution in [2.75, 3.05) is 20.2 Å². The van der Waals surface area contributed by atoms with Gasteiger partial charge in [0.25, 0.3) is 5.91 Å². The first kappa shape index (κ1) is 18.0. The minimum Gasteiger partial charge on any atom is -0.480 e. The Bertz CT molecular complexity index is 790. The lowest BCUT2D eigenvalue weighted by Crippen LogP contribution is -2.42. The number of H-pyrrole nitrogens is 1. The van der Waals surface area contributed by atoms with Crippen LogP contribution in [0.4, 0.5) is 0 Å². The second kappa shape index (κ2) is 8.08. The minimum atomic E-state index is -0.0844. The molecular weight excluding hydrogens is 342 g/mol. The number of aromatic nitrogens is 3. The maximum absolute atomic E-state index is 13.0. The van der Waals surface area contributed by atoms with E-state index in [4.69, 9.17) is 4.74 Å². The highest BCUT2D eigenvalue weighted by Crippen LogP contribution is 2.26. The molecule has 2 aromatic rings. The van der Waals surface area contributed by atoms with Crippen molar-refractivity contribution in [2.24, 2.45) is 0 Å². The van der Waals surface area contributed by atoms with Gasteiger partial charge in [-0.3, -0.25) is 9.69 Å². The van der Waals surface area contributed by atoms with E-state index in [2.05, 4.69) is 25.2 Å². The van der Waals surface area contributed by atoms with Crippen molar-refractivity contribution in [3.8, 4) is 5.88 Å². The molecule has 1 aliphatic carbocycles. The van der Waals surface area contributed by atoms with Crippen LogP contribution >= 0.6 is 0 Å². The van der Waals surface area contributed by atoms with Gasteiger partial charge >= 0.3 is 0 Å². The number of hydrogen-bond donors (Lipinski definition) is 2.